The van der Waals surface area contributed by atoms with Gasteiger partial charge in [0, 0.05) is 17.7 Å². The van der Waals surface area contributed by atoms with E-state index in [0.29, 0.717) is 41.7 Å². The molecule has 1 fully saturated rings. The Morgan fingerprint density at radius 2 is 2.05 bits per heavy atom. The Kier molecular flexibility index (Phi) is 6.42. The van der Waals surface area contributed by atoms with E-state index in [4.69, 9.17) is 0 Å². The molecule has 3 atom stereocenters. The summed E-state index contributed by atoms with van der Waals surface area (Å²) >= 11 is 0. The first-order valence-corrected chi connectivity index (χ1v) is 12.0. The van der Waals surface area contributed by atoms with Crippen molar-refractivity contribution in [2.45, 2.75) is 51.7 Å². The van der Waals surface area contributed by atoms with Crippen molar-refractivity contribution in [3.05, 3.63) is 71.4 Å². The van der Waals surface area contributed by atoms with Gasteiger partial charge in [-0.25, -0.2) is 19.0 Å². The van der Waals surface area contributed by atoms with Crippen molar-refractivity contribution in [3.8, 4) is 5.82 Å². The molecule has 1 aliphatic rings. The number of hydrogen-bond acceptors (Lipinski definition) is 8. The summed E-state index contributed by atoms with van der Waals surface area (Å²) in [6.45, 7) is 5.66. The second kappa shape index (κ2) is 9.69. The van der Waals surface area contributed by atoms with Crippen LogP contribution in [-0.2, 0) is 10.4 Å². The Morgan fingerprint density at radius 1 is 1.22 bits per heavy atom. The van der Waals surface area contributed by atoms with Gasteiger partial charge in [-0.3, -0.25) is 14.9 Å². The van der Waals surface area contributed by atoms with Gasteiger partial charge in [0.15, 0.2) is 17.5 Å². The lowest BCUT2D eigenvalue weighted by Crippen LogP contribution is -2.33. The van der Waals surface area contributed by atoms with Crippen LogP contribution >= 0.6 is 0 Å². The number of aryl methyl sites for hydroxylation is 2. The molecule has 11 nitrogen and oxygen atoms in total. The van der Waals surface area contributed by atoms with E-state index in [2.05, 4.69) is 40.9 Å². The number of amides is 1. The minimum atomic E-state index is -1.21. The van der Waals surface area contributed by atoms with Gasteiger partial charge >= 0.3 is 0 Å². The molecule has 0 radical (unpaired) electrons. The zero-order valence-electron chi connectivity index (χ0n) is 20.7. The second-order valence-corrected chi connectivity index (χ2v) is 9.58. The van der Waals surface area contributed by atoms with E-state index in [9.17, 15) is 14.3 Å². The van der Waals surface area contributed by atoms with Gasteiger partial charge in [-0.2, -0.15) is 10.2 Å². The summed E-state index contributed by atoms with van der Waals surface area (Å²) in [5, 5.41) is 28.5. The molecule has 37 heavy (non-hydrogen) atoms. The molecule has 5 rings (SSSR count). The number of carbonyl (C=O) groups is 1. The first kappa shape index (κ1) is 24.5. The molecule has 4 aromatic rings. The van der Waals surface area contributed by atoms with E-state index in [0.717, 1.165) is 17.5 Å². The average molecular weight is 506 g/mol. The third kappa shape index (κ3) is 5.33. The number of anilines is 2. The molecule has 12 heteroatoms. The molecule has 4 N–H and O–H groups in total. The second-order valence-electron chi connectivity index (χ2n) is 9.58. The van der Waals surface area contributed by atoms with Crippen LogP contribution in [0.3, 0.4) is 0 Å². The predicted molar refractivity (Wildman–Crippen MR) is 132 cm³/mol. The lowest BCUT2D eigenvalue weighted by atomic mass is 9.94. The predicted octanol–water partition coefficient (Wildman–Crippen LogP) is 3.15. The third-order valence-corrected chi connectivity index (χ3v) is 6.52. The fourth-order valence-electron chi connectivity index (χ4n) is 4.57. The van der Waals surface area contributed by atoms with Crippen LogP contribution in [-0.4, -0.2) is 45.9 Å². The standard InChI is InChI=1S/C25H28FN9O2/c1-14-6-20(31-21(7-14)32-22-8-15(2)33-34-22)25(37)5-4-17(9-25)24(36)30-16(3)19-11-28-23(12-27-19)35-13-18(26)10-29-35/h6-8,10-13,16-17,37H,4-5,9H2,1-3H3,(H,30,36)(H2,31,32,33,34)/t16-,17-,25+/m0/s1. The van der Waals surface area contributed by atoms with Gasteiger partial charge in [0.1, 0.15) is 11.4 Å². The highest BCUT2D eigenvalue weighted by molar-refractivity contribution is 5.79. The van der Waals surface area contributed by atoms with Crippen LogP contribution in [0.4, 0.5) is 16.0 Å². The Morgan fingerprint density at radius 3 is 2.73 bits per heavy atom. The van der Waals surface area contributed by atoms with Gasteiger partial charge in [-0.05, 0) is 57.7 Å². The van der Waals surface area contributed by atoms with E-state index >= 15 is 0 Å². The number of aliphatic hydroxyl groups is 1. The quantitative estimate of drug-likeness (QED) is 0.300. The van der Waals surface area contributed by atoms with Crippen molar-refractivity contribution < 1.29 is 14.3 Å². The molecule has 0 unspecified atom stereocenters. The van der Waals surface area contributed by atoms with Gasteiger partial charge in [-0.15, -0.1) is 0 Å². The SMILES string of the molecule is Cc1cc(Nc2cc(C)[nH]n2)nc([C@@]2(O)CC[C@H](C(=O)N[C@@H](C)c3cnc(-n4cc(F)cn4)cn3)C2)c1. The van der Waals surface area contributed by atoms with Crippen LogP contribution in [0.2, 0.25) is 0 Å². The molecule has 0 bridgehead atoms. The number of rotatable bonds is 7. The summed E-state index contributed by atoms with van der Waals surface area (Å²) in [6.07, 6.45) is 6.50. The number of halogens is 1. The average Bonchev–Trinajstić information content (AvgIpc) is 3.59. The molecule has 0 spiro atoms. The van der Waals surface area contributed by atoms with E-state index < -0.39 is 17.5 Å². The van der Waals surface area contributed by atoms with E-state index in [1.807, 2.05) is 39.0 Å². The molecule has 0 saturated heterocycles. The third-order valence-electron chi connectivity index (χ3n) is 6.52. The van der Waals surface area contributed by atoms with Gasteiger partial charge in [0.25, 0.3) is 0 Å². The molecule has 1 saturated carbocycles. The summed E-state index contributed by atoms with van der Waals surface area (Å²) in [5.41, 5.74) is 1.73. The molecule has 4 heterocycles. The smallest absolute Gasteiger partial charge is 0.223 e. The van der Waals surface area contributed by atoms with Crippen LogP contribution in [0.5, 0.6) is 0 Å². The molecule has 1 aliphatic carbocycles. The highest BCUT2D eigenvalue weighted by Crippen LogP contribution is 2.42. The monoisotopic (exact) mass is 505 g/mol. The molecule has 1 amide bonds. The maximum absolute atomic E-state index is 13.2. The molecule has 0 aromatic carbocycles. The number of aromatic nitrogens is 7. The van der Waals surface area contributed by atoms with Gasteiger partial charge in [0.2, 0.25) is 5.91 Å². The van der Waals surface area contributed by atoms with Crippen LogP contribution < -0.4 is 10.6 Å². The summed E-state index contributed by atoms with van der Waals surface area (Å²) in [5.74, 6) is 0.578. The van der Waals surface area contributed by atoms with E-state index in [1.54, 1.807) is 0 Å². The van der Waals surface area contributed by atoms with Crippen LogP contribution in [0.25, 0.3) is 5.82 Å². The fourth-order valence-corrected chi connectivity index (χ4v) is 4.57. The van der Waals surface area contributed by atoms with E-state index in [1.165, 1.54) is 23.3 Å². The lowest BCUT2D eigenvalue weighted by Gasteiger charge is -2.24. The molecular formula is C25H28FN9O2. The Bertz CT molecular complexity index is 1420. The number of H-pyrrole nitrogens is 1. The van der Waals surface area contributed by atoms with Crippen molar-refractivity contribution in [1.29, 1.82) is 0 Å². The van der Waals surface area contributed by atoms with Crippen LogP contribution in [0.15, 0.2) is 43.0 Å². The fraction of sp³-hybridized carbons (Fsp3) is 0.360. The molecule has 0 aliphatic heterocycles. The summed E-state index contributed by atoms with van der Waals surface area (Å²) in [4.78, 5) is 26.3. The minimum absolute atomic E-state index is 0.165. The number of pyridine rings is 1. The molecule has 4 aromatic heterocycles. The van der Waals surface area contributed by atoms with Crippen LogP contribution in [0, 0.1) is 25.6 Å². The van der Waals surface area contributed by atoms with Crippen molar-refractivity contribution in [1.82, 2.24) is 40.2 Å². The Hall–Kier alpha value is -4.19. The van der Waals surface area contributed by atoms with Gasteiger partial charge in [-0.1, -0.05) is 0 Å². The van der Waals surface area contributed by atoms with Crippen molar-refractivity contribution in [2.24, 2.45) is 5.92 Å². The Labute approximate surface area is 212 Å². The maximum Gasteiger partial charge on any atom is 0.223 e. The number of aromatic amines is 1. The lowest BCUT2D eigenvalue weighted by molar-refractivity contribution is -0.126. The number of hydrogen-bond donors (Lipinski definition) is 4. The number of nitrogens with zero attached hydrogens (tertiary/aromatic N) is 6. The summed E-state index contributed by atoms with van der Waals surface area (Å²) in [6, 6.07) is 5.20. The maximum atomic E-state index is 13.2. The largest absolute Gasteiger partial charge is 0.384 e. The van der Waals surface area contributed by atoms with Crippen molar-refractivity contribution in [3.63, 3.8) is 0 Å². The van der Waals surface area contributed by atoms with E-state index in [-0.39, 0.29) is 18.2 Å². The number of nitrogens with one attached hydrogen (secondary N) is 3. The summed E-state index contributed by atoms with van der Waals surface area (Å²) in [7, 11) is 0. The highest BCUT2D eigenvalue weighted by Gasteiger charge is 2.43. The Balaban J connectivity index is 1.23. The highest BCUT2D eigenvalue weighted by atomic mass is 19.1. The molecule has 192 valence electrons. The molecular weight excluding hydrogens is 477 g/mol. The number of carbonyl (C=O) groups excluding carboxylic acids is 1. The first-order chi connectivity index (χ1) is 17.7. The zero-order valence-corrected chi connectivity index (χ0v) is 20.7. The topological polar surface area (TPSA) is 147 Å². The first-order valence-electron chi connectivity index (χ1n) is 12.0. The zero-order chi connectivity index (χ0) is 26.2. The minimum Gasteiger partial charge on any atom is -0.384 e. The van der Waals surface area contributed by atoms with Gasteiger partial charge < -0.3 is 15.7 Å². The van der Waals surface area contributed by atoms with Gasteiger partial charge in [0.05, 0.1) is 42.2 Å². The van der Waals surface area contributed by atoms with Crippen LogP contribution in [0.1, 0.15) is 54.9 Å². The summed E-state index contributed by atoms with van der Waals surface area (Å²) < 4.78 is 14.5. The normalized spacial score (nSPS) is 20.1. The van der Waals surface area contributed by atoms with Crippen molar-refractivity contribution >= 4 is 17.5 Å². The van der Waals surface area contributed by atoms with Crippen molar-refractivity contribution in [2.75, 3.05) is 5.32 Å².